The van der Waals surface area contributed by atoms with Gasteiger partial charge >= 0.3 is 0 Å². The molecule has 2 rings (SSSR count). The van der Waals surface area contributed by atoms with E-state index in [4.69, 9.17) is 0 Å². The van der Waals surface area contributed by atoms with E-state index < -0.39 is 0 Å². The largest absolute Gasteiger partial charge is 0.354 e. The van der Waals surface area contributed by atoms with Gasteiger partial charge in [-0.15, -0.1) is 0 Å². The zero-order chi connectivity index (χ0) is 14.6. The molecule has 1 N–H and O–H groups in total. The summed E-state index contributed by atoms with van der Waals surface area (Å²) in [7, 11) is 0. The Kier molecular flexibility index (Phi) is 5.22. The number of amides is 1. The van der Waals surface area contributed by atoms with Crippen molar-refractivity contribution in [2.45, 2.75) is 46.1 Å². The Morgan fingerprint density at radius 2 is 2.05 bits per heavy atom. The van der Waals surface area contributed by atoms with Gasteiger partial charge in [0.2, 0.25) is 5.91 Å². The first-order valence-corrected chi connectivity index (χ1v) is 8.47. The van der Waals surface area contributed by atoms with Gasteiger partial charge < -0.3 is 5.32 Å². The van der Waals surface area contributed by atoms with E-state index in [1.807, 2.05) is 20.8 Å². The highest BCUT2D eigenvalue weighted by atomic mass is 32.1. The molecule has 20 heavy (non-hydrogen) atoms. The van der Waals surface area contributed by atoms with Crippen LogP contribution >= 0.6 is 11.3 Å². The summed E-state index contributed by atoms with van der Waals surface area (Å²) in [5.41, 5.74) is 1.02. The van der Waals surface area contributed by atoms with Crippen molar-refractivity contribution in [2.75, 3.05) is 19.6 Å². The van der Waals surface area contributed by atoms with Crippen molar-refractivity contribution in [3.63, 3.8) is 0 Å². The van der Waals surface area contributed by atoms with Crippen molar-refractivity contribution < 1.29 is 4.79 Å². The van der Waals surface area contributed by atoms with Crippen molar-refractivity contribution >= 4 is 17.2 Å². The molecule has 0 saturated carbocycles. The number of nitrogens with one attached hydrogen (secondary N) is 1. The van der Waals surface area contributed by atoms with Crippen LogP contribution in [-0.2, 0) is 4.79 Å². The minimum absolute atomic E-state index is 0.134. The van der Waals surface area contributed by atoms with Crippen molar-refractivity contribution in [1.29, 1.82) is 0 Å². The van der Waals surface area contributed by atoms with E-state index in [1.54, 1.807) is 11.3 Å². The lowest BCUT2D eigenvalue weighted by Crippen LogP contribution is -2.43. The van der Waals surface area contributed by atoms with E-state index in [9.17, 15) is 4.79 Å². The SMILES string of the molecule is CC(C)(C)C(=O)NCC(c1ccsc1)N1CCCCC1. The minimum Gasteiger partial charge on any atom is -0.354 e. The highest BCUT2D eigenvalue weighted by Gasteiger charge is 2.26. The highest BCUT2D eigenvalue weighted by Crippen LogP contribution is 2.26. The minimum atomic E-state index is -0.318. The molecule has 1 aliphatic heterocycles. The lowest BCUT2D eigenvalue weighted by atomic mass is 9.95. The lowest BCUT2D eigenvalue weighted by molar-refractivity contribution is -0.128. The number of hydrogen-bond acceptors (Lipinski definition) is 3. The van der Waals surface area contributed by atoms with E-state index in [1.165, 1.54) is 24.8 Å². The van der Waals surface area contributed by atoms with Gasteiger partial charge in [-0.05, 0) is 48.3 Å². The zero-order valence-corrected chi connectivity index (χ0v) is 13.6. The number of carbonyl (C=O) groups excluding carboxylic acids is 1. The second-order valence-electron chi connectivity index (χ2n) is 6.63. The van der Waals surface area contributed by atoms with Crippen LogP contribution < -0.4 is 5.32 Å². The number of likely N-dealkylation sites (tertiary alicyclic amines) is 1. The molecule has 3 nitrogen and oxygen atoms in total. The molecule has 0 aromatic carbocycles. The zero-order valence-electron chi connectivity index (χ0n) is 12.8. The number of hydrogen-bond donors (Lipinski definition) is 1. The maximum absolute atomic E-state index is 12.1. The first-order chi connectivity index (χ1) is 9.48. The van der Waals surface area contributed by atoms with E-state index in [0.717, 1.165) is 13.1 Å². The summed E-state index contributed by atoms with van der Waals surface area (Å²) in [6, 6.07) is 2.51. The molecule has 1 aliphatic rings. The molecule has 4 heteroatoms. The van der Waals surface area contributed by atoms with Crippen molar-refractivity contribution in [1.82, 2.24) is 10.2 Å². The molecule has 2 heterocycles. The Morgan fingerprint density at radius 3 is 2.60 bits per heavy atom. The van der Waals surface area contributed by atoms with Crippen LogP contribution in [0.1, 0.15) is 51.6 Å². The fourth-order valence-corrected chi connectivity index (χ4v) is 3.31. The Hall–Kier alpha value is -0.870. The lowest BCUT2D eigenvalue weighted by Gasteiger charge is -2.35. The molecule has 1 unspecified atom stereocenters. The summed E-state index contributed by atoms with van der Waals surface area (Å²) in [5.74, 6) is 0.134. The number of thiophene rings is 1. The second-order valence-corrected chi connectivity index (χ2v) is 7.41. The fraction of sp³-hybridized carbons (Fsp3) is 0.688. The average molecular weight is 294 g/mol. The van der Waals surface area contributed by atoms with Crippen molar-refractivity contribution in [2.24, 2.45) is 5.41 Å². The summed E-state index contributed by atoms with van der Waals surface area (Å²) in [4.78, 5) is 14.6. The van der Waals surface area contributed by atoms with Crippen LogP contribution in [0.3, 0.4) is 0 Å². The standard InChI is InChI=1S/C16H26N2OS/c1-16(2,3)15(19)17-11-14(13-7-10-20-12-13)18-8-5-4-6-9-18/h7,10,12,14H,4-6,8-9,11H2,1-3H3,(H,17,19). The van der Waals surface area contributed by atoms with Gasteiger partial charge in [-0.3, -0.25) is 9.69 Å². The molecular weight excluding hydrogens is 268 g/mol. The normalized spacial score (nSPS) is 18.8. The summed E-state index contributed by atoms with van der Waals surface area (Å²) < 4.78 is 0. The summed E-state index contributed by atoms with van der Waals surface area (Å²) in [5, 5.41) is 7.47. The molecule has 1 aromatic rings. The predicted molar refractivity (Wildman–Crippen MR) is 84.9 cm³/mol. The number of nitrogens with zero attached hydrogens (tertiary/aromatic N) is 1. The van der Waals surface area contributed by atoms with Crippen LogP contribution in [0, 0.1) is 5.41 Å². The molecule has 0 spiro atoms. The Labute approximate surface area is 126 Å². The molecule has 1 fully saturated rings. The molecule has 0 bridgehead atoms. The average Bonchev–Trinajstić information content (AvgIpc) is 2.93. The molecule has 112 valence electrons. The quantitative estimate of drug-likeness (QED) is 0.922. The predicted octanol–water partition coefficient (Wildman–Crippen LogP) is 3.44. The van der Waals surface area contributed by atoms with Crippen LogP contribution in [-0.4, -0.2) is 30.4 Å². The smallest absolute Gasteiger partial charge is 0.225 e. The third-order valence-corrected chi connectivity index (χ3v) is 4.60. The van der Waals surface area contributed by atoms with Gasteiger partial charge in [-0.2, -0.15) is 11.3 Å². The summed E-state index contributed by atoms with van der Waals surface area (Å²) in [6.45, 7) is 8.89. The van der Waals surface area contributed by atoms with Gasteiger partial charge in [0, 0.05) is 12.0 Å². The van der Waals surface area contributed by atoms with Crippen molar-refractivity contribution in [3.8, 4) is 0 Å². The number of rotatable bonds is 4. The molecule has 1 amide bonds. The molecule has 1 atom stereocenters. The van der Waals surface area contributed by atoms with Crippen molar-refractivity contribution in [3.05, 3.63) is 22.4 Å². The molecule has 1 saturated heterocycles. The maximum atomic E-state index is 12.1. The van der Waals surface area contributed by atoms with E-state index in [0.29, 0.717) is 12.6 Å². The monoisotopic (exact) mass is 294 g/mol. The third-order valence-electron chi connectivity index (χ3n) is 3.90. The Bertz CT molecular complexity index is 416. The van der Waals surface area contributed by atoms with Gasteiger partial charge in [-0.1, -0.05) is 27.2 Å². The second kappa shape index (κ2) is 6.72. The van der Waals surface area contributed by atoms with Crippen LogP contribution in [0.5, 0.6) is 0 Å². The van der Waals surface area contributed by atoms with Gasteiger partial charge in [0.1, 0.15) is 0 Å². The molecule has 0 radical (unpaired) electrons. The van der Waals surface area contributed by atoms with Gasteiger partial charge in [0.15, 0.2) is 0 Å². The molecular formula is C16H26N2OS. The first-order valence-electron chi connectivity index (χ1n) is 7.53. The van der Waals surface area contributed by atoms with Gasteiger partial charge in [0.05, 0.1) is 6.04 Å². The Morgan fingerprint density at radius 1 is 1.35 bits per heavy atom. The van der Waals surface area contributed by atoms with Crippen LogP contribution in [0.15, 0.2) is 16.8 Å². The molecule has 1 aromatic heterocycles. The van der Waals surface area contributed by atoms with Crippen LogP contribution in [0.2, 0.25) is 0 Å². The third kappa shape index (κ3) is 4.06. The summed E-state index contributed by atoms with van der Waals surface area (Å²) >= 11 is 1.73. The van der Waals surface area contributed by atoms with E-state index >= 15 is 0 Å². The van der Waals surface area contributed by atoms with E-state index in [-0.39, 0.29) is 11.3 Å². The molecule has 0 aliphatic carbocycles. The van der Waals surface area contributed by atoms with Gasteiger partial charge in [-0.25, -0.2) is 0 Å². The van der Waals surface area contributed by atoms with Crippen LogP contribution in [0.25, 0.3) is 0 Å². The maximum Gasteiger partial charge on any atom is 0.225 e. The summed E-state index contributed by atoms with van der Waals surface area (Å²) in [6.07, 6.45) is 3.88. The fourth-order valence-electron chi connectivity index (χ4n) is 2.61. The topological polar surface area (TPSA) is 32.3 Å². The van der Waals surface area contributed by atoms with Crippen LogP contribution in [0.4, 0.5) is 0 Å². The Balaban J connectivity index is 2.02. The number of piperidine rings is 1. The number of carbonyl (C=O) groups is 1. The first kappa shape index (κ1) is 15.5. The van der Waals surface area contributed by atoms with Gasteiger partial charge in [0.25, 0.3) is 0 Å². The van der Waals surface area contributed by atoms with E-state index in [2.05, 4.69) is 27.0 Å². The highest BCUT2D eigenvalue weighted by molar-refractivity contribution is 7.07.